The van der Waals surface area contributed by atoms with Crippen molar-refractivity contribution in [2.24, 2.45) is 0 Å². The molecule has 3 aromatic carbocycles. The first-order valence-electron chi connectivity index (χ1n) is 9.76. The van der Waals surface area contributed by atoms with Gasteiger partial charge in [0.1, 0.15) is 32.8 Å². The number of aryl methyl sites for hydroxylation is 3. The monoisotopic (exact) mass is 492 g/mol. The lowest BCUT2D eigenvalue weighted by Crippen LogP contribution is -2.12. The van der Waals surface area contributed by atoms with E-state index in [1.54, 1.807) is 32.9 Å². The Morgan fingerprint density at radius 2 is 0.970 bits per heavy atom. The molecule has 0 unspecified atom stereocenters. The SMILES string of the molecule is COc1ccc(S(=O)(=O)Oc2ccc(OS(=O)(=O)c3ccc(OC)c(C)c3)c(C)c2)cc1C. The molecule has 0 fully saturated rings. The molecule has 0 radical (unpaired) electrons. The number of hydrogen-bond acceptors (Lipinski definition) is 8. The van der Waals surface area contributed by atoms with Gasteiger partial charge in [0.2, 0.25) is 0 Å². The molecule has 0 aliphatic carbocycles. The molecule has 0 aliphatic rings. The van der Waals surface area contributed by atoms with E-state index in [2.05, 4.69) is 0 Å². The van der Waals surface area contributed by atoms with Crippen molar-refractivity contribution in [1.82, 2.24) is 0 Å². The van der Waals surface area contributed by atoms with E-state index in [0.29, 0.717) is 28.2 Å². The summed E-state index contributed by atoms with van der Waals surface area (Å²) in [6.07, 6.45) is 0. The van der Waals surface area contributed by atoms with Gasteiger partial charge >= 0.3 is 20.2 Å². The Morgan fingerprint density at radius 3 is 1.39 bits per heavy atom. The van der Waals surface area contributed by atoms with Crippen LogP contribution in [0.4, 0.5) is 0 Å². The normalized spacial score (nSPS) is 11.7. The molecular formula is C23H24O8S2. The zero-order valence-electron chi connectivity index (χ0n) is 18.8. The van der Waals surface area contributed by atoms with Crippen LogP contribution in [0.5, 0.6) is 23.0 Å². The molecule has 0 amide bonds. The first kappa shape index (κ1) is 24.4. The average Bonchev–Trinajstić information content (AvgIpc) is 2.75. The smallest absolute Gasteiger partial charge is 0.339 e. The predicted octanol–water partition coefficient (Wildman–Crippen LogP) is 4.16. The minimum atomic E-state index is -4.11. The van der Waals surface area contributed by atoms with Gasteiger partial charge in [0.25, 0.3) is 0 Å². The van der Waals surface area contributed by atoms with Crippen molar-refractivity contribution in [1.29, 1.82) is 0 Å². The molecule has 176 valence electrons. The molecule has 0 saturated heterocycles. The molecule has 0 spiro atoms. The van der Waals surface area contributed by atoms with Crippen LogP contribution in [0.15, 0.2) is 64.4 Å². The molecule has 33 heavy (non-hydrogen) atoms. The molecule has 3 aromatic rings. The van der Waals surface area contributed by atoms with Crippen LogP contribution in [0.1, 0.15) is 16.7 Å². The fourth-order valence-electron chi connectivity index (χ4n) is 3.12. The van der Waals surface area contributed by atoms with E-state index in [0.717, 1.165) is 0 Å². The zero-order chi connectivity index (χ0) is 24.4. The highest BCUT2D eigenvalue weighted by Gasteiger charge is 2.21. The van der Waals surface area contributed by atoms with E-state index in [1.807, 2.05) is 0 Å². The highest BCUT2D eigenvalue weighted by atomic mass is 32.2. The van der Waals surface area contributed by atoms with Crippen molar-refractivity contribution in [2.45, 2.75) is 30.6 Å². The third kappa shape index (κ3) is 5.40. The second-order valence-electron chi connectivity index (χ2n) is 7.27. The van der Waals surface area contributed by atoms with Crippen LogP contribution < -0.4 is 17.8 Å². The molecule has 10 heteroatoms. The topological polar surface area (TPSA) is 105 Å². The second kappa shape index (κ2) is 9.32. The van der Waals surface area contributed by atoms with Crippen LogP contribution in [0.2, 0.25) is 0 Å². The number of methoxy groups -OCH3 is 2. The van der Waals surface area contributed by atoms with Crippen molar-refractivity contribution in [3.63, 3.8) is 0 Å². The molecular weight excluding hydrogens is 468 g/mol. The van der Waals surface area contributed by atoms with Gasteiger partial charge in [-0.3, -0.25) is 0 Å². The standard InChI is InChI=1S/C23H24O8S2/c1-15-12-18(30-32(24,25)19-7-10-21(28-4)16(2)13-19)6-9-23(15)31-33(26,27)20-8-11-22(29-5)17(3)14-20/h6-14H,1-5H3. The van der Waals surface area contributed by atoms with Crippen LogP contribution in [0, 0.1) is 20.8 Å². The number of rotatable bonds is 8. The van der Waals surface area contributed by atoms with Crippen molar-refractivity contribution in [3.05, 3.63) is 71.3 Å². The summed E-state index contributed by atoms with van der Waals surface area (Å²) >= 11 is 0. The lowest BCUT2D eigenvalue weighted by Gasteiger charge is -2.13. The first-order chi connectivity index (χ1) is 15.5. The lowest BCUT2D eigenvalue weighted by atomic mass is 10.2. The summed E-state index contributed by atoms with van der Waals surface area (Å²) in [4.78, 5) is -0.0609. The summed E-state index contributed by atoms with van der Waals surface area (Å²) in [5.41, 5.74) is 1.66. The van der Waals surface area contributed by atoms with Crippen molar-refractivity contribution in [3.8, 4) is 23.0 Å². The Bertz CT molecular complexity index is 1390. The van der Waals surface area contributed by atoms with Crippen LogP contribution in [-0.2, 0) is 20.2 Å². The maximum Gasteiger partial charge on any atom is 0.339 e. The summed E-state index contributed by atoms with van der Waals surface area (Å²) in [6, 6.07) is 12.8. The zero-order valence-corrected chi connectivity index (χ0v) is 20.4. The third-order valence-electron chi connectivity index (χ3n) is 4.86. The number of benzene rings is 3. The van der Waals surface area contributed by atoms with E-state index in [4.69, 9.17) is 17.8 Å². The van der Waals surface area contributed by atoms with Crippen molar-refractivity contribution in [2.75, 3.05) is 14.2 Å². The second-order valence-corrected chi connectivity index (χ2v) is 10.4. The van der Waals surface area contributed by atoms with Gasteiger partial charge in [-0.25, -0.2) is 0 Å². The lowest BCUT2D eigenvalue weighted by molar-refractivity contribution is 0.411. The predicted molar refractivity (Wildman–Crippen MR) is 122 cm³/mol. The molecule has 0 N–H and O–H groups in total. The average molecular weight is 493 g/mol. The number of hydrogen-bond donors (Lipinski definition) is 0. The van der Waals surface area contributed by atoms with Gasteiger partial charge in [-0.05, 0) is 92.1 Å². The molecule has 0 saturated carbocycles. The first-order valence-corrected chi connectivity index (χ1v) is 12.6. The molecule has 0 heterocycles. The Kier molecular flexibility index (Phi) is 6.89. The van der Waals surface area contributed by atoms with E-state index in [9.17, 15) is 16.8 Å². The fraction of sp³-hybridized carbons (Fsp3) is 0.217. The van der Waals surface area contributed by atoms with Gasteiger partial charge in [-0.1, -0.05) is 0 Å². The van der Waals surface area contributed by atoms with E-state index in [1.165, 1.54) is 56.7 Å². The molecule has 0 bridgehead atoms. The van der Waals surface area contributed by atoms with Crippen LogP contribution in [0.25, 0.3) is 0 Å². The highest BCUT2D eigenvalue weighted by Crippen LogP contribution is 2.30. The Labute approximate surface area is 193 Å². The third-order valence-corrected chi connectivity index (χ3v) is 7.34. The van der Waals surface area contributed by atoms with Gasteiger partial charge in [0.05, 0.1) is 14.2 Å². The summed E-state index contributed by atoms with van der Waals surface area (Å²) in [5.74, 6) is 1.18. The van der Waals surface area contributed by atoms with E-state index in [-0.39, 0.29) is 21.3 Å². The summed E-state index contributed by atoms with van der Waals surface area (Å²) in [7, 11) is -5.23. The summed E-state index contributed by atoms with van der Waals surface area (Å²) in [6.45, 7) is 5.03. The van der Waals surface area contributed by atoms with E-state index < -0.39 is 20.2 Å². The van der Waals surface area contributed by atoms with Crippen LogP contribution >= 0.6 is 0 Å². The van der Waals surface area contributed by atoms with Gasteiger partial charge in [0, 0.05) is 0 Å². The maximum atomic E-state index is 12.7. The highest BCUT2D eigenvalue weighted by molar-refractivity contribution is 7.87. The van der Waals surface area contributed by atoms with Crippen LogP contribution in [-0.4, -0.2) is 31.1 Å². The molecule has 0 aromatic heterocycles. The van der Waals surface area contributed by atoms with Crippen molar-refractivity contribution >= 4 is 20.2 Å². The van der Waals surface area contributed by atoms with Crippen LogP contribution in [0.3, 0.4) is 0 Å². The van der Waals surface area contributed by atoms with Gasteiger partial charge in [-0.2, -0.15) is 16.8 Å². The summed E-state index contributed by atoms with van der Waals surface area (Å²) < 4.78 is 71.5. The van der Waals surface area contributed by atoms with Crippen molar-refractivity contribution < 1.29 is 34.7 Å². The Morgan fingerprint density at radius 1 is 0.545 bits per heavy atom. The quantitative estimate of drug-likeness (QED) is 0.432. The van der Waals surface area contributed by atoms with Gasteiger partial charge in [-0.15, -0.1) is 0 Å². The Balaban J connectivity index is 1.82. The Hall–Kier alpha value is -3.24. The molecule has 8 nitrogen and oxygen atoms in total. The van der Waals surface area contributed by atoms with E-state index >= 15 is 0 Å². The van der Waals surface area contributed by atoms with Gasteiger partial charge < -0.3 is 17.8 Å². The summed E-state index contributed by atoms with van der Waals surface area (Å²) in [5, 5.41) is 0. The minimum Gasteiger partial charge on any atom is -0.496 e. The minimum absolute atomic E-state index is 0.0195. The molecule has 0 atom stereocenters. The number of ether oxygens (including phenoxy) is 2. The van der Waals surface area contributed by atoms with Gasteiger partial charge in [0.15, 0.2) is 0 Å². The maximum absolute atomic E-state index is 12.7. The molecule has 3 rings (SSSR count). The fourth-order valence-corrected chi connectivity index (χ4v) is 5.21. The molecule has 0 aliphatic heterocycles. The largest absolute Gasteiger partial charge is 0.496 e.